The van der Waals surface area contributed by atoms with Crippen LogP contribution in [-0.4, -0.2) is 45.4 Å². The largest absolute Gasteiger partial charge is 0.356 e. The summed E-state index contributed by atoms with van der Waals surface area (Å²) in [5.74, 6) is 1.69. The van der Waals surface area contributed by atoms with Gasteiger partial charge in [0.15, 0.2) is 5.65 Å². The van der Waals surface area contributed by atoms with E-state index in [1.165, 1.54) is 0 Å². The summed E-state index contributed by atoms with van der Waals surface area (Å²) in [6, 6.07) is 3.85. The van der Waals surface area contributed by atoms with Crippen molar-refractivity contribution in [2.75, 3.05) is 24.5 Å². The van der Waals surface area contributed by atoms with Crippen LogP contribution in [0.3, 0.4) is 0 Å². The van der Waals surface area contributed by atoms with Crippen molar-refractivity contribution >= 4 is 17.4 Å². The Kier molecular flexibility index (Phi) is 4.73. The van der Waals surface area contributed by atoms with Gasteiger partial charge in [0.2, 0.25) is 5.91 Å². The molecule has 0 bridgehead atoms. The minimum atomic E-state index is 0.0364. The van der Waals surface area contributed by atoms with Gasteiger partial charge in [0.1, 0.15) is 12.1 Å². The molecule has 1 atom stereocenters. The van der Waals surface area contributed by atoms with Crippen molar-refractivity contribution in [3.63, 3.8) is 0 Å². The molecule has 1 aliphatic rings. The molecule has 23 heavy (non-hydrogen) atoms. The number of fused-ring (bicyclic) bond motifs is 1. The van der Waals surface area contributed by atoms with Crippen LogP contribution < -0.4 is 10.2 Å². The normalized spacial score (nSPS) is 18.6. The molecule has 0 saturated carbocycles. The fourth-order valence-electron chi connectivity index (χ4n) is 2.91. The van der Waals surface area contributed by atoms with Gasteiger partial charge >= 0.3 is 0 Å². The molecule has 0 aromatic carbocycles. The van der Waals surface area contributed by atoms with E-state index in [0.717, 1.165) is 43.8 Å². The highest BCUT2D eigenvalue weighted by Crippen LogP contribution is 2.21. The topological polar surface area (TPSA) is 75.4 Å². The molecule has 1 aliphatic heterocycles. The number of hydrogen-bond donors (Lipinski definition) is 1. The Labute approximate surface area is 136 Å². The predicted octanol–water partition coefficient (Wildman–Crippen LogP) is 1.50. The van der Waals surface area contributed by atoms with Gasteiger partial charge < -0.3 is 10.2 Å². The quantitative estimate of drug-likeness (QED) is 0.905. The number of rotatable bonds is 5. The standard InChI is InChI=1S/C16H24N6O/c1-12(2)7-8-17-16(23)13-4-3-9-21(10-13)15-6-5-14-19-18-11-22(14)20-15/h5-6,11-13H,3-4,7-10H2,1-2H3,(H,17,23). The van der Waals surface area contributed by atoms with Crippen molar-refractivity contribution in [1.82, 2.24) is 25.1 Å². The van der Waals surface area contributed by atoms with Gasteiger partial charge in [-0.15, -0.1) is 15.3 Å². The molecule has 2 aromatic rings. The number of carbonyl (C=O) groups excluding carboxylic acids is 1. The van der Waals surface area contributed by atoms with E-state index in [0.29, 0.717) is 12.5 Å². The van der Waals surface area contributed by atoms with E-state index in [9.17, 15) is 4.79 Å². The molecule has 3 heterocycles. The number of carbonyl (C=O) groups is 1. The second kappa shape index (κ2) is 6.93. The first-order valence-electron chi connectivity index (χ1n) is 8.33. The van der Waals surface area contributed by atoms with Crippen molar-refractivity contribution in [2.45, 2.75) is 33.1 Å². The summed E-state index contributed by atoms with van der Waals surface area (Å²) in [7, 11) is 0. The minimum Gasteiger partial charge on any atom is -0.356 e. The Balaban J connectivity index is 1.62. The Bertz CT molecular complexity index is 667. The fourth-order valence-corrected chi connectivity index (χ4v) is 2.91. The van der Waals surface area contributed by atoms with Crippen molar-refractivity contribution in [3.05, 3.63) is 18.5 Å². The van der Waals surface area contributed by atoms with Crippen molar-refractivity contribution in [3.8, 4) is 0 Å². The highest BCUT2D eigenvalue weighted by atomic mass is 16.1. The molecular formula is C16H24N6O. The van der Waals surface area contributed by atoms with Crippen LogP contribution in [0.1, 0.15) is 33.1 Å². The molecule has 7 heteroatoms. The maximum Gasteiger partial charge on any atom is 0.224 e. The minimum absolute atomic E-state index is 0.0364. The van der Waals surface area contributed by atoms with Gasteiger partial charge in [0.05, 0.1) is 5.92 Å². The van der Waals surface area contributed by atoms with Crippen LogP contribution in [0.25, 0.3) is 5.65 Å². The van der Waals surface area contributed by atoms with Crippen LogP contribution in [-0.2, 0) is 4.79 Å². The molecule has 124 valence electrons. The molecule has 1 unspecified atom stereocenters. The molecule has 1 amide bonds. The van der Waals surface area contributed by atoms with E-state index >= 15 is 0 Å². The van der Waals surface area contributed by atoms with E-state index in [4.69, 9.17) is 0 Å². The van der Waals surface area contributed by atoms with Crippen LogP contribution in [0.15, 0.2) is 18.5 Å². The molecule has 0 radical (unpaired) electrons. The smallest absolute Gasteiger partial charge is 0.224 e. The van der Waals surface area contributed by atoms with Gasteiger partial charge in [0.25, 0.3) is 0 Å². The summed E-state index contributed by atoms with van der Waals surface area (Å²) >= 11 is 0. The second-order valence-electron chi connectivity index (χ2n) is 6.58. The average Bonchev–Trinajstić information content (AvgIpc) is 3.02. The monoisotopic (exact) mass is 316 g/mol. The Hall–Kier alpha value is -2.18. The van der Waals surface area contributed by atoms with Crippen molar-refractivity contribution in [1.29, 1.82) is 0 Å². The third kappa shape index (κ3) is 3.78. The maximum atomic E-state index is 12.3. The van der Waals surface area contributed by atoms with Gasteiger partial charge in [0, 0.05) is 19.6 Å². The fraction of sp³-hybridized carbons (Fsp3) is 0.625. The molecule has 1 saturated heterocycles. The van der Waals surface area contributed by atoms with E-state index < -0.39 is 0 Å². The molecule has 1 N–H and O–H groups in total. The van der Waals surface area contributed by atoms with Gasteiger partial charge in [-0.3, -0.25) is 4.79 Å². The average molecular weight is 316 g/mol. The molecule has 7 nitrogen and oxygen atoms in total. The lowest BCUT2D eigenvalue weighted by Crippen LogP contribution is -2.43. The lowest BCUT2D eigenvalue weighted by Gasteiger charge is -2.32. The molecule has 1 fully saturated rings. The Morgan fingerprint density at radius 3 is 3.13 bits per heavy atom. The first-order chi connectivity index (χ1) is 11.1. The summed E-state index contributed by atoms with van der Waals surface area (Å²) in [4.78, 5) is 14.5. The summed E-state index contributed by atoms with van der Waals surface area (Å²) in [6.45, 7) is 6.74. The number of nitrogens with one attached hydrogen (secondary N) is 1. The first kappa shape index (κ1) is 15.7. The Morgan fingerprint density at radius 1 is 1.43 bits per heavy atom. The maximum absolute atomic E-state index is 12.3. The summed E-state index contributed by atoms with van der Waals surface area (Å²) in [6.07, 6.45) is 4.57. The lowest BCUT2D eigenvalue weighted by atomic mass is 9.97. The van der Waals surface area contributed by atoms with Crippen LogP contribution in [0.5, 0.6) is 0 Å². The zero-order valence-electron chi connectivity index (χ0n) is 13.8. The number of nitrogens with zero attached hydrogens (tertiary/aromatic N) is 5. The SMILES string of the molecule is CC(C)CCNC(=O)C1CCCN(c2ccc3nncn3n2)C1. The van der Waals surface area contributed by atoms with Crippen LogP contribution in [0.4, 0.5) is 5.82 Å². The molecule has 3 rings (SSSR count). The van der Waals surface area contributed by atoms with Crippen molar-refractivity contribution in [2.24, 2.45) is 11.8 Å². The number of anilines is 1. The van der Waals surface area contributed by atoms with Gasteiger partial charge in [-0.2, -0.15) is 4.52 Å². The zero-order valence-corrected chi connectivity index (χ0v) is 13.8. The van der Waals surface area contributed by atoms with Gasteiger partial charge in [-0.25, -0.2) is 0 Å². The third-order valence-electron chi connectivity index (χ3n) is 4.28. The highest BCUT2D eigenvalue weighted by Gasteiger charge is 2.26. The molecular weight excluding hydrogens is 292 g/mol. The number of piperidine rings is 1. The predicted molar refractivity (Wildman–Crippen MR) is 88.2 cm³/mol. The van der Waals surface area contributed by atoms with Crippen LogP contribution in [0, 0.1) is 11.8 Å². The van der Waals surface area contributed by atoms with Crippen molar-refractivity contribution < 1.29 is 4.79 Å². The van der Waals surface area contributed by atoms with Gasteiger partial charge in [-0.05, 0) is 37.3 Å². The third-order valence-corrected chi connectivity index (χ3v) is 4.28. The number of hydrogen-bond acceptors (Lipinski definition) is 5. The summed E-state index contributed by atoms with van der Waals surface area (Å²) in [5, 5.41) is 15.4. The van der Waals surface area contributed by atoms with Crippen LogP contribution >= 0.6 is 0 Å². The van der Waals surface area contributed by atoms with E-state index in [1.54, 1.807) is 10.8 Å². The van der Waals surface area contributed by atoms with E-state index in [2.05, 4.69) is 39.4 Å². The molecule has 2 aromatic heterocycles. The molecule has 0 spiro atoms. The van der Waals surface area contributed by atoms with Crippen LogP contribution in [0.2, 0.25) is 0 Å². The summed E-state index contributed by atoms with van der Waals surface area (Å²) < 4.78 is 1.67. The van der Waals surface area contributed by atoms with Gasteiger partial charge in [-0.1, -0.05) is 13.8 Å². The number of aromatic nitrogens is 4. The highest BCUT2D eigenvalue weighted by molar-refractivity contribution is 5.79. The first-order valence-corrected chi connectivity index (χ1v) is 8.33. The summed E-state index contributed by atoms with van der Waals surface area (Å²) in [5.41, 5.74) is 0.730. The Morgan fingerprint density at radius 2 is 2.30 bits per heavy atom. The van der Waals surface area contributed by atoms with E-state index in [-0.39, 0.29) is 11.8 Å². The second-order valence-corrected chi connectivity index (χ2v) is 6.58. The zero-order chi connectivity index (χ0) is 16.2. The molecule has 0 aliphatic carbocycles. The lowest BCUT2D eigenvalue weighted by molar-refractivity contribution is -0.125. The van der Waals surface area contributed by atoms with E-state index in [1.807, 2.05) is 12.1 Å². The number of amides is 1.